The zero-order chi connectivity index (χ0) is 20.5. The first-order valence-corrected chi connectivity index (χ1v) is 9.86. The van der Waals surface area contributed by atoms with Gasteiger partial charge >= 0.3 is 5.69 Å². The maximum Gasteiger partial charge on any atom is 0.332 e. The van der Waals surface area contributed by atoms with E-state index in [1.807, 2.05) is 34.9 Å². The molecule has 0 spiro atoms. The third kappa shape index (κ3) is 3.47. The number of benzene rings is 1. The summed E-state index contributed by atoms with van der Waals surface area (Å²) in [6, 6.07) is 9.86. The number of aliphatic hydroxyl groups excluding tert-OH is 1. The molecule has 1 fully saturated rings. The van der Waals surface area contributed by atoms with Crippen LogP contribution in [0.25, 0.3) is 11.2 Å². The average molecular weight is 398 g/mol. The van der Waals surface area contributed by atoms with E-state index in [0.29, 0.717) is 30.2 Å². The van der Waals surface area contributed by atoms with Gasteiger partial charge in [0.1, 0.15) is 0 Å². The van der Waals surface area contributed by atoms with Crippen molar-refractivity contribution in [3.63, 3.8) is 0 Å². The molecule has 1 aliphatic rings. The third-order valence-electron chi connectivity index (χ3n) is 5.46. The Kier molecular flexibility index (Phi) is 5.25. The number of aliphatic hydroxyl groups is 1. The minimum Gasteiger partial charge on any atom is -0.395 e. The van der Waals surface area contributed by atoms with Crippen molar-refractivity contribution in [1.29, 1.82) is 0 Å². The molecule has 0 radical (unpaired) electrons. The maximum atomic E-state index is 13.1. The number of aromatic nitrogens is 4. The Morgan fingerprint density at radius 2 is 1.97 bits per heavy atom. The van der Waals surface area contributed by atoms with Gasteiger partial charge in [-0.25, -0.2) is 4.79 Å². The molecule has 3 aromatic rings. The molecule has 0 bridgehead atoms. The first-order chi connectivity index (χ1) is 14.0. The second-order valence-electron chi connectivity index (χ2n) is 7.53. The summed E-state index contributed by atoms with van der Waals surface area (Å²) in [6.07, 6.45) is 1.89. The van der Waals surface area contributed by atoms with Crippen LogP contribution in [0.2, 0.25) is 0 Å². The van der Waals surface area contributed by atoms with E-state index in [-0.39, 0.29) is 19.2 Å². The van der Waals surface area contributed by atoms with Crippen molar-refractivity contribution < 1.29 is 5.11 Å². The third-order valence-corrected chi connectivity index (χ3v) is 5.46. The van der Waals surface area contributed by atoms with Gasteiger partial charge in [-0.05, 0) is 18.4 Å². The van der Waals surface area contributed by atoms with E-state index in [4.69, 9.17) is 10.7 Å². The monoisotopic (exact) mass is 398 g/mol. The minimum absolute atomic E-state index is 0.0382. The van der Waals surface area contributed by atoms with Crippen LogP contribution >= 0.6 is 0 Å². The van der Waals surface area contributed by atoms with Gasteiger partial charge in [0.15, 0.2) is 11.2 Å². The van der Waals surface area contributed by atoms with E-state index in [1.165, 1.54) is 11.6 Å². The van der Waals surface area contributed by atoms with Gasteiger partial charge in [-0.2, -0.15) is 4.98 Å². The number of anilines is 1. The van der Waals surface area contributed by atoms with Crippen LogP contribution in [-0.4, -0.2) is 49.5 Å². The van der Waals surface area contributed by atoms with Gasteiger partial charge in [0.25, 0.3) is 5.56 Å². The molecule has 154 valence electrons. The van der Waals surface area contributed by atoms with E-state index in [9.17, 15) is 14.7 Å². The lowest BCUT2D eigenvalue weighted by atomic mass is 10.1. The van der Waals surface area contributed by atoms with Gasteiger partial charge in [0.2, 0.25) is 5.95 Å². The van der Waals surface area contributed by atoms with Crippen molar-refractivity contribution in [2.45, 2.75) is 32.0 Å². The molecule has 29 heavy (non-hydrogen) atoms. The molecule has 1 aromatic carbocycles. The number of fused-ring (bicyclic) bond motifs is 1. The molecular weight excluding hydrogens is 372 g/mol. The average Bonchev–Trinajstić information content (AvgIpc) is 3.09. The van der Waals surface area contributed by atoms with Crippen molar-refractivity contribution in [1.82, 2.24) is 18.7 Å². The summed E-state index contributed by atoms with van der Waals surface area (Å²) < 4.78 is 4.32. The second-order valence-corrected chi connectivity index (χ2v) is 7.53. The van der Waals surface area contributed by atoms with Crippen LogP contribution in [0.4, 0.5) is 5.95 Å². The summed E-state index contributed by atoms with van der Waals surface area (Å²) >= 11 is 0. The molecule has 0 aliphatic carbocycles. The lowest BCUT2D eigenvalue weighted by Gasteiger charge is -2.31. The Morgan fingerprint density at radius 3 is 2.66 bits per heavy atom. The highest BCUT2D eigenvalue weighted by molar-refractivity contribution is 5.75. The summed E-state index contributed by atoms with van der Waals surface area (Å²) in [5.41, 5.74) is 6.99. The van der Waals surface area contributed by atoms with Crippen molar-refractivity contribution in [3.8, 4) is 0 Å². The molecule has 1 aliphatic heterocycles. The number of piperidine rings is 1. The number of rotatable bonds is 5. The summed E-state index contributed by atoms with van der Waals surface area (Å²) in [5.74, 6) is 0.633. The Labute approximate surface area is 167 Å². The van der Waals surface area contributed by atoms with Crippen molar-refractivity contribution >= 4 is 17.1 Å². The quantitative estimate of drug-likeness (QED) is 0.619. The van der Waals surface area contributed by atoms with Crippen LogP contribution in [0.15, 0.2) is 39.9 Å². The molecule has 4 rings (SSSR count). The van der Waals surface area contributed by atoms with Crippen LogP contribution in [0.3, 0.4) is 0 Å². The highest BCUT2D eigenvalue weighted by Gasteiger charge is 2.26. The minimum atomic E-state index is -0.484. The summed E-state index contributed by atoms with van der Waals surface area (Å²) in [6.45, 7) is 1.73. The Morgan fingerprint density at radius 1 is 1.21 bits per heavy atom. The molecule has 0 saturated carbocycles. The topological polar surface area (TPSA) is 111 Å². The number of hydrogen-bond acceptors (Lipinski definition) is 6. The lowest BCUT2D eigenvalue weighted by Crippen LogP contribution is -2.44. The number of nitrogens with zero attached hydrogens (tertiary/aromatic N) is 5. The Bertz CT molecular complexity index is 1130. The zero-order valence-electron chi connectivity index (χ0n) is 16.5. The summed E-state index contributed by atoms with van der Waals surface area (Å²) in [5, 5.41) is 9.45. The van der Waals surface area contributed by atoms with Crippen molar-refractivity contribution in [2.24, 2.45) is 12.8 Å². The summed E-state index contributed by atoms with van der Waals surface area (Å²) in [4.78, 5) is 32.5. The fourth-order valence-corrected chi connectivity index (χ4v) is 4.00. The van der Waals surface area contributed by atoms with E-state index in [1.54, 1.807) is 0 Å². The van der Waals surface area contributed by atoms with Gasteiger partial charge < -0.3 is 15.7 Å². The van der Waals surface area contributed by atoms with Gasteiger partial charge in [0.05, 0.1) is 19.7 Å². The SMILES string of the molecule is Cn1c(=O)c2c(nc(N3CCCC(N)C3)n2Cc2ccccc2)n(CCO)c1=O. The van der Waals surface area contributed by atoms with Crippen LogP contribution in [0, 0.1) is 0 Å². The Balaban J connectivity index is 1.98. The zero-order valence-corrected chi connectivity index (χ0v) is 16.5. The lowest BCUT2D eigenvalue weighted by molar-refractivity contribution is 0.274. The van der Waals surface area contributed by atoms with Crippen LogP contribution in [0.5, 0.6) is 0 Å². The predicted molar refractivity (Wildman–Crippen MR) is 111 cm³/mol. The van der Waals surface area contributed by atoms with Gasteiger partial charge in [-0.3, -0.25) is 18.5 Å². The Hall–Kier alpha value is -2.91. The molecule has 1 atom stereocenters. The van der Waals surface area contributed by atoms with Gasteiger partial charge in [-0.1, -0.05) is 30.3 Å². The second kappa shape index (κ2) is 7.84. The first kappa shape index (κ1) is 19.4. The van der Waals surface area contributed by atoms with E-state index in [2.05, 4.69) is 4.90 Å². The molecular formula is C20H26N6O3. The van der Waals surface area contributed by atoms with Crippen LogP contribution in [0.1, 0.15) is 18.4 Å². The van der Waals surface area contributed by atoms with Gasteiger partial charge in [0, 0.05) is 26.2 Å². The fraction of sp³-hybridized carbons (Fsp3) is 0.450. The van der Waals surface area contributed by atoms with Crippen LogP contribution in [-0.2, 0) is 20.1 Å². The number of imidazole rings is 1. The van der Waals surface area contributed by atoms with E-state index in [0.717, 1.165) is 29.5 Å². The van der Waals surface area contributed by atoms with Gasteiger partial charge in [-0.15, -0.1) is 0 Å². The largest absolute Gasteiger partial charge is 0.395 e. The molecule has 2 aromatic heterocycles. The van der Waals surface area contributed by atoms with Crippen LogP contribution < -0.4 is 21.9 Å². The van der Waals surface area contributed by atoms with Crippen molar-refractivity contribution in [2.75, 3.05) is 24.6 Å². The van der Waals surface area contributed by atoms with E-state index < -0.39 is 11.2 Å². The van der Waals surface area contributed by atoms with E-state index >= 15 is 0 Å². The molecule has 1 saturated heterocycles. The molecule has 3 heterocycles. The molecule has 0 amide bonds. The van der Waals surface area contributed by atoms with Crippen molar-refractivity contribution in [3.05, 3.63) is 56.7 Å². The highest BCUT2D eigenvalue weighted by Crippen LogP contribution is 2.24. The smallest absolute Gasteiger partial charge is 0.332 e. The molecule has 9 nitrogen and oxygen atoms in total. The fourth-order valence-electron chi connectivity index (χ4n) is 4.00. The standard InChI is InChI=1S/C20H26N6O3/c1-23-18(28)16-17(25(10-11-27)20(23)29)22-19(24-9-5-8-15(21)13-24)26(16)12-14-6-3-2-4-7-14/h2-4,6-7,15,27H,5,8-13,21H2,1H3. The molecule has 9 heteroatoms. The maximum absolute atomic E-state index is 13.1. The molecule has 1 unspecified atom stereocenters. The first-order valence-electron chi connectivity index (χ1n) is 9.86. The molecule has 3 N–H and O–H groups in total. The number of nitrogens with two attached hydrogens (primary N) is 1. The summed E-state index contributed by atoms with van der Waals surface area (Å²) in [7, 11) is 1.45. The normalized spacial score (nSPS) is 17.2. The number of hydrogen-bond donors (Lipinski definition) is 2. The predicted octanol–water partition coefficient (Wildman–Crippen LogP) is -0.135. The highest BCUT2D eigenvalue weighted by atomic mass is 16.3.